The third-order valence-corrected chi connectivity index (χ3v) is 4.09. The molecule has 0 bridgehead atoms. The first-order chi connectivity index (χ1) is 9.02. The fourth-order valence-electron chi connectivity index (χ4n) is 2.95. The van der Waals surface area contributed by atoms with Crippen molar-refractivity contribution in [2.45, 2.75) is 50.6 Å². The molecule has 2 unspecified atom stereocenters. The fraction of sp³-hybridized carbons (Fsp3) is 0.923. The molecular weight excluding hydrogens is 323 g/mol. The average Bonchev–Trinajstić information content (AvgIpc) is 2.76. The zero-order chi connectivity index (χ0) is 13.9. The Kier molecular flexibility index (Phi) is 9.00. The van der Waals surface area contributed by atoms with E-state index in [-0.39, 0.29) is 37.1 Å². The van der Waals surface area contributed by atoms with E-state index in [0.29, 0.717) is 12.6 Å². The highest BCUT2D eigenvalue weighted by molar-refractivity contribution is 5.85. The van der Waals surface area contributed by atoms with Crippen LogP contribution >= 0.6 is 24.8 Å². The first kappa shape index (κ1) is 20.8. The third-order valence-electron chi connectivity index (χ3n) is 4.09. The first-order valence-electron chi connectivity index (χ1n) is 7.15. The molecule has 0 saturated carbocycles. The molecule has 1 amide bonds. The van der Waals surface area contributed by atoms with Crippen molar-refractivity contribution >= 4 is 30.7 Å². The minimum absolute atomic E-state index is 0. The van der Waals surface area contributed by atoms with Gasteiger partial charge in [0.2, 0.25) is 5.91 Å². The van der Waals surface area contributed by atoms with Crippen molar-refractivity contribution in [1.82, 2.24) is 15.5 Å². The van der Waals surface area contributed by atoms with Crippen LogP contribution in [-0.4, -0.2) is 55.0 Å². The van der Waals surface area contributed by atoms with Gasteiger partial charge in [-0.3, -0.25) is 15.0 Å². The van der Waals surface area contributed by atoms with Crippen molar-refractivity contribution in [2.75, 3.05) is 26.2 Å². The van der Waals surface area contributed by atoms with Gasteiger partial charge in [0.25, 0.3) is 5.92 Å². The normalized spacial score (nSPS) is 28.3. The molecule has 2 aliphatic rings. The van der Waals surface area contributed by atoms with E-state index in [9.17, 15) is 13.6 Å². The highest BCUT2D eigenvalue weighted by Crippen LogP contribution is 2.25. The minimum Gasteiger partial charge on any atom is -0.353 e. The van der Waals surface area contributed by atoms with Gasteiger partial charge >= 0.3 is 0 Å². The number of amides is 1. The average molecular weight is 348 g/mol. The zero-order valence-electron chi connectivity index (χ0n) is 12.2. The van der Waals surface area contributed by atoms with Crippen LogP contribution in [0.1, 0.15) is 32.6 Å². The van der Waals surface area contributed by atoms with Gasteiger partial charge in [0.1, 0.15) is 0 Å². The van der Waals surface area contributed by atoms with E-state index in [4.69, 9.17) is 0 Å². The maximum atomic E-state index is 13.0. The molecule has 4 nitrogen and oxygen atoms in total. The summed E-state index contributed by atoms with van der Waals surface area (Å²) in [6.45, 7) is 4.32. The molecular formula is C13H25Cl2F2N3O. The van der Waals surface area contributed by atoms with E-state index in [0.717, 1.165) is 19.5 Å². The highest BCUT2D eigenvalue weighted by atomic mass is 35.5. The van der Waals surface area contributed by atoms with Crippen LogP contribution in [0.5, 0.6) is 0 Å². The van der Waals surface area contributed by atoms with Crippen LogP contribution in [-0.2, 0) is 4.79 Å². The summed E-state index contributed by atoms with van der Waals surface area (Å²) < 4.78 is 26.0. The van der Waals surface area contributed by atoms with Crippen molar-refractivity contribution in [3.63, 3.8) is 0 Å². The van der Waals surface area contributed by atoms with Crippen molar-refractivity contribution in [3.05, 3.63) is 0 Å². The number of piperidine rings is 1. The van der Waals surface area contributed by atoms with Crippen molar-refractivity contribution in [3.8, 4) is 0 Å². The second kappa shape index (κ2) is 9.08. The molecule has 0 aromatic rings. The van der Waals surface area contributed by atoms with Crippen molar-refractivity contribution in [2.24, 2.45) is 0 Å². The van der Waals surface area contributed by atoms with Crippen molar-refractivity contribution < 1.29 is 13.6 Å². The molecule has 2 rings (SSSR count). The SMILES string of the molecule is CCN1CCCCC1CNC(=O)C1CC(F)(F)CN1.Cl.Cl. The topological polar surface area (TPSA) is 44.4 Å². The van der Waals surface area contributed by atoms with Gasteiger partial charge in [0.15, 0.2) is 0 Å². The van der Waals surface area contributed by atoms with E-state index in [2.05, 4.69) is 22.5 Å². The Labute approximate surface area is 137 Å². The van der Waals surface area contributed by atoms with Crippen LogP contribution in [0.25, 0.3) is 0 Å². The molecule has 126 valence electrons. The highest BCUT2D eigenvalue weighted by Gasteiger charge is 2.42. The summed E-state index contributed by atoms with van der Waals surface area (Å²) in [6.07, 6.45) is 3.06. The molecule has 0 radical (unpaired) electrons. The molecule has 0 aromatic carbocycles. The van der Waals surface area contributed by atoms with E-state index in [1.54, 1.807) is 0 Å². The Hall–Kier alpha value is -0.170. The Morgan fingerprint density at radius 3 is 2.67 bits per heavy atom. The quantitative estimate of drug-likeness (QED) is 0.815. The molecule has 0 aromatic heterocycles. The van der Waals surface area contributed by atoms with E-state index in [1.807, 2.05) is 0 Å². The van der Waals surface area contributed by atoms with Gasteiger partial charge in [-0.2, -0.15) is 0 Å². The number of hydrogen-bond acceptors (Lipinski definition) is 3. The molecule has 0 spiro atoms. The summed E-state index contributed by atoms with van der Waals surface area (Å²) in [7, 11) is 0. The van der Waals surface area contributed by atoms with Gasteiger partial charge in [0, 0.05) is 19.0 Å². The van der Waals surface area contributed by atoms with Gasteiger partial charge in [-0.1, -0.05) is 13.3 Å². The maximum Gasteiger partial charge on any atom is 0.262 e. The molecule has 21 heavy (non-hydrogen) atoms. The molecule has 2 heterocycles. The molecule has 2 fully saturated rings. The lowest BCUT2D eigenvalue weighted by Crippen LogP contribution is -2.49. The van der Waals surface area contributed by atoms with E-state index >= 15 is 0 Å². The number of halogens is 4. The molecule has 0 aliphatic carbocycles. The molecule has 2 saturated heterocycles. The number of likely N-dealkylation sites (N-methyl/N-ethyl adjacent to an activating group) is 1. The number of nitrogens with one attached hydrogen (secondary N) is 2. The monoisotopic (exact) mass is 347 g/mol. The lowest BCUT2D eigenvalue weighted by molar-refractivity contribution is -0.123. The zero-order valence-corrected chi connectivity index (χ0v) is 13.9. The second-order valence-electron chi connectivity index (χ2n) is 5.52. The van der Waals surface area contributed by atoms with Crippen LogP contribution in [0.15, 0.2) is 0 Å². The van der Waals surface area contributed by atoms with Crippen LogP contribution in [0, 0.1) is 0 Å². The van der Waals surface area contributed by atoms with Crippen LogP contribution in [0.2, 0.25) is 0 Å². The largest absolute Gasteiger partial charge is 0.353 e. The number of hydrogen-bond donors (Lipinski definition) is 2. The lowest BCUT2D eigenvalue weighted by Gasteiger charge is -2.35. The summed E-state index contributed by atoms with van der Waals surface area (Å²) in [5.41, 5.74) is 0. The Morgan fingerprint density at radius 1 is 1.38 bits per heavy atom. The predicted molar refractivity (Wildman–Crippen MR) is 83.7 cm³/mol. The van der Waals surface area contributed by atoms with Gasteiger partial charge in [-0.05, 0) is 25.9 Å². The predicted octanol–water partition coefficient (Wildman–Crippen LogP) is 1.82. The van der Waals surface area contributed by atoms with Crippen LogP contribution in [0.3, 0.4) is 0 Å². The Balaban J connectivity index is 0.00000200. The summed E-state index contributed by atoms with van der Waals surface area (Å²) in [5, 5.41) is 5.40. The molecule has 2 N–H and O–H groups in total. The lowest BCUT2D eigenvalue weighted by atomic mass is 10.0. The second-order valence-corrected chi connectivity index (χ2v) is 5.52. The number of rotatable bonds is 4. The van der Waals surface area contributed by atoms with Crippen molar-refractivity contribution in [1.29, 1.82) is 0 Å². The minimum atomic E-state index is -2.75. The van der Waals surface area contributed by atoms with Crippen LogP contribution < -0.4 is 10.6 Å². The molecule has 2 atom stereocenters. The first-order valence-corrected chi connectivity index (χ1v) is 7.15. The Morgan fingerprint density at radius 2 is 2.10 bits per heavy atom. The maximum absolute atomic E-state index is 13.0. The molecule has 2 aliphatic heterocycles. The number of nitrogens with zero attached hydrogens (tertiary/aromatic N) is 1. The summed E-state index contributed by atoms with van der Waals surface area (Å²) >= 11 is 0. The third kappa shape index (κ3) is 5.85. The molecule has 8 heteroatoms. The number of carbonyl (C=O) groups is 1. The van der Waals surface area contributed by atoms with Gasteiger partial charge in [-0.25, -0.2) is 8.78 Å². The van der Waals surface area contributed by atoms with Gasteiger partial charge in [-0.15, -0.1) is 24.8 Å². The standard InChI is InChI=1S/C13H23F2N3O.2ClH/c1-2-18-6-4-3-5-10(18)8-16-12(19)11-7-13(14,15)9-17-11;;/h10-11,17H,2-9H2,1H3,(H,16,19);2*1H. The number of carbonyl (C=O) groups excluding carboxylic acids is 1. The summed E-state index contributed by atoms with van der Waals surface area (Å²) in [6, 6.07) is -0.390. The summed E-state index contributed by atoms with van der Waals surface area (Å²) in [4.78, 5) is 14.2. The Bertz CT molecular complexity index is 335. The number of likely N-dealkylation sites (tertiary alicyclic amines) is 1. The number of alkyl halides is 2. The van der Waals surface area contributed by atoms with Gasteiger partial charge in [0.05, 0.1) is 12.6 Å². The van der Waals surface area contributed by atoms with Gasteiger partial charge < -0.3 is 5.32 Å². The summed E-state index contributed by atoms with van der Waals surface area (Å²) in [5.74, 6) is -3.04. The van der Waals surface area contributed by atoms with Crippen LogP contribution in [0.4, 0.5) is 8.78 Å². The fourth-order valence-corrected chi connectivity index (χ4v) is 2.95. The van der Waals surface area contributed by atoms with E-state index in [1.165, 1.54) is 12.8 Å². The smallest absolute Gasteiger partial charge is 0.262 e. The van der Waals surface area contributed by atoms with E-state index < -0.39 is 18.5 Å².